The lowest BCUT2D eigenvalue weighted by Crippen LogP contribution is -2.15. The molecular formula is C18H15ClF3N5O2S2. The zero-order valence-corrected chi connectivity index (χ0v) is 18.5. The average Bonchev–Trinajstić information content (AvgIpc) is 3.15. The SMILES string of the molecule is Cc1cc(C)nc(C(S)c2nnc(SCC(=O)Nc3cc(C(F)(F)F)ccc3Cl)o2)n1. The molecule has 1 amide bonds. The summed E-state index contributed by atoms with van der Waals surface area (Å²) in [6, 6.07) is 4.48. The third kappa shape index (κ3) is 6.11. The average molecular weight is 490 g/mol. The number of carbonyl (C=O) groups is 1. The Kier molecular flexibility index (Phi) is 7.12. The predicted octanol–water partition coefficient (Wildman–Crippen LogP) is 4.90. The number of nitrogens with zero attached hydrogens (tertiary/aromatic N) is 4. The number of nitrogens with one attached hydrogen (secondary N) is 1. The number of benzene rings is 1. The number of anilines is 1. The van der Waals surface area contributed by atoms with Crippen LogP contribution in [0.1, 0.15) is 33.9 Å². The maximum Gasteiger partial charge on any atom is 0.416 e. The van der Waals surface area contributed by atoms with Crippen molar-refractivity contribution in [1.82, 2.24) is 20.2 Å². The van der Waals surface area contributed by atoms with E-state index in [0.717, 1.165) is 41.3 Å². The van der Waals surface area contributed by atoms with Crippen molar-refractivity contribution in [2.45, 2.75) is 30.5 Å². The van der Waals surface area contributed by atoms with E-state index < -0.39 is 22.9 Å². The zero-order valence-electron chi connectivity index (χ0n) is 16.1. The fraction of sp³-hybridized carbons (Fsp3) is 0.278. The molecule has 2 aromatic heterocycles. The molecule has 0 bridgehead atoms. The summed E-state index contributed by atoms with van der Waals surface area (Å²) in [5, 5.41) is 9.49. The van der Waals surface area contributed by atoms with Crippen molar-refractivity contribution < 1.29 is 22.4 Å². The minimum Gasteiger partial charge on any atom is -0.414 e. The lowest BCUT2D eigenvalue weighted by Gasteiger charge is -2.11. The number of carbonyl (C=O) groups excluding carboxylic acids is 1. The summed E-state index contributed by atoms with van der Waals surface area (Å²) < 4.78 is 44.0. The van der Waals surface area contributed by atoms with Gasteiger partial charge in [-0.05, 0) is 38.1 Å². The predicted molar refractivity (Wildman–Crippen MR) is 112 cm³/mol. The molecule has 1 N–H and O–H groups in total. The Morgan fingerprint density at radius 3 is 2.55 bits per heavy atom. The van der Waals surface area contributed by atoms with Gasteiger partial charge in [-0.25, -0.2) is 9.97 Å². The number of rotatable bonds is 6. The van der Waals surface area contributed by atoms with E-state index >= 15 is 0 Å². The van der Waals surface area contributed by atoms with Crippen LogP contribution in [-0.2, 0) is 11.0 Å². The maximum atomic E-state index is 12.8. The van der Waals surface area contributed by atoms with Crippen molar-refractivity contribution in [3.8, 4) is 0 Å². The molecule has 0 fully saturated rings. The highest BCUT2D eigenvalue weighted by molar-refractivity contribution is 7.99. The van der Waals surface area contributed by atoms with Crippen LogP contribution in [0.3, 0.4) is 0 Å². The van der Waals surface area contributed by atoms with E-state index in [1.807, 2.05) is 19.9 Å². The largest absolute Gasteiger partial charge is 0.416 e. The van der Waals surface area contributed by atoms with Crippen LogP contribution >= 0.6 is 36.0 Å². The Hall–Kier alpha value is -2.31. The Bertz CT molecular complexity index is 1090. The van der Waals surface area contributed by atoms with Gasteiger partial charge >= 0.3 is 6.18 Å². The number of hydrogen-bond donors (Lipinski definition) is 2. The molecular weight excluding hydrogens is 475 g/mol. The van der Waals surface area contributed by atoms with Gasteiger partial charge in [0.25, 0.3) is 5.22 Å². The first-order valence-electron chi connectivity index (χ1n) is 8.66. The monoisotopic (exact) mass is 489 g/mol. The summed E-state index contributed by atoms with van der Waals surface area (Å²) in [6.07, 6.45) is -4.55. The number of aryl methyl sites for hydroxylation is 2. The first-order chi connectivity index (χ1) is 14.5. The quantitative estimate of drug-likeness (QED) is 0.375. The second-order valence-electron chi connectivity index (χ2n) is 6.35. The molecule has 1 aromatic carbocycles. The number of hydrogen-bond acceptors (Lipinski definition) is 8. The molecule has 0 aliphatic carbocycles. The number of alkyl halides is 3. The van der Waals surface area contributed by atoms with Gasteiger partial charge in [0.1, 0.15) is 5.25 Å². The zero-order chi connectivity index (χ0) is 22.8. The van der Waals surface area contributed by atoms with Gasteiger partial charge in [-0.1, -0.05) is 23.4 Å². The van der Waals surface area contributed by atoms with Crippen molar-refractivity contribution >= 4 is 47.6 Å². The van der Waals surface area contributed by atoms with Crippen molar-refractivity contribution in [3.63, 3.8) is 0 Å². The molecule has 1 atom stereocenters. The molecule has 13 heteroatoms. The van der Waals surface area contributed by atoms with Gasteiger partial charge < -0.3 is 9.73 Å². The van der Waals surface area contributed by atoms with E-state index in [0.29, 0.717) is 5.82 Å². The molecule has 1 unspecified atom stereocenters. The summed E-state index contributed by atoms with van der Waals surface area (Å²) in [4.78, 5) is 20.7. The summed E-state index contributed by atoms with van der Waals surface area (Å²) in [7, 11) is 0. The Morgan fingerprint density at radius 1 is 1.23 bits per heavy atom. The molecule has 0 saturated carbocycles. The van der Waals surface area contributed by atoms with E-state index in [2.05, 4.69) is 38.1 Å². The smallest absolute Gasteiger partial charge is 0.414 e. The highest BCUT2D eigenvalue weighted by Gasteiger charge is 2.31. The molecule has 3 rings (SSSR count). The van der Waals surface area contributed by atoms with Crippen LogP contribution in [0.2, 0.25) is 5.02 Å². The molecule has 0 radical (unpaired) electrons. The fourth-order valence-electron chi connectivity index (χ4n) is 2.49. The van der Waals surface area contributed by atoms with E-state index in [4.69, 9.17) is 16.0 Å². The van der Waals surface area contributed by atoms with Crippen molar-refractivity contribution in [2.75, 3.05) is 11.1 Å². The highest BCUT2D eigenvalue weighted by atomic mass is 35.5. The van der Waals surface area contributed by atoms with Gasteiger partial charge in [-0.3, -0.25) is 4.79 Å². The number of thioether (sulfide) groups is 1. The van der Waals surface area contributed by atoms with Gasteiger partial charge in [0.15, 0.2) is 5.82 Å². The maximum absolute atomic E-state index is 12.8. The van der Waals surface area contributed by atoms with Crippen LogP contribution in [-0.4, -0.2) is 31.8 Å². The lowest BCUT2D eigenvalue weighted by atomic mass is 10.2. The Morgan fingerprint density at radius 2 is 1.90 bits per heavy atom. The van der Waals surface area contributed by atoms with Crippen LogP contribution in [0.15, 0.2) is 33.9 Å². The molecule has 7 nitrogen and oxygen atoms in total. The minimum atomic E-state index is -4.55. The lowest BCUT2D eigenvalue weighted by molar-refractivity contribution is -0.137. The first kappa shape index (κ1) is 23.4. The standard InChI is InChI=1S/C18H15ClF3N5O2S2/c1-8-5-9(2)24-15(23-8)14(30)16-26-27-17(29-16)31-7-13(28)25-12-6-10(18(20,21)22)3-4-11(12)19/h3-6,14,30H,7H2,1-2H3,(H,25,28). The third-order valence-electron chi connectivity index (χ3n) is 3.79. The molecule has 0 spiro atoms. The van der Waals surface area contributed by atoms with Gasteiger partial charge in [0.05, 0.1) is 22.0 Å². The second kappa shape index (κ2) is 9.45. The summed E-state index contributed by atoms with van der Waals surface area (Å²) in [5.74, 6) is -0.230. The molecule has 164 valence electrons. The third-order valence-corrected chi connectivity index (χ3v) is 5.39. The van der Waals surface area contributed by atoms with E-state index in [-0.39, 0.29) is 27.6 Å². The number of thiol groups is 1. The minimum absolute atomic E-state index is 0.0159. The van der Waals surface area contributed by atoms with Crippen molar-refractivity contribution in [3.05, 3.63) is 58.0 Å². The van der Waals surface area contributed by atoms with Gasteiger partial charge in [0, 0.05) is 11.4 Å². The summed E-state index contributed by atoms with van der Waals surface area (Å²) in [5.41, 5.74) is 0.465. The molecule has 0 aliphatic rings. The first-order valence-corrected chi connectivity index (χ1v) is 10.5. The van der Waals surface area contributed by atoms with Crippen LogP contribution in [0.5, 0.6) is 0 Å². The topological polar surface area (TPSA) is 93.8 Å². The molecule has 2 heterocycles. The normalized spacial score (nSPS) is 12.6. The Balaban J connectivity index is 1.62. The Labute approximate surface area is 189 Å². The van der Waals surface area contributed by atoms with Crippen molar-refractivity contribution in [2.24, 2.45) is 0 Å². The van der Waals surface area contributed by atoms with Gasteiger partial charge in [-0.15, -0.1) is 10.2 Å². The van der Waals surface area contributed by atoms with E-state index in [1.54, 1.807) is 0 Å². The molecule has 31 heavy (non-hydrogen) atoms. The molecule has 3 aromatic rings. The van der Waals surface area contributed by atoms with Crippen molar-refractivity contribution in [1.29, 1.82) is 0 Å². The van der Waals surface area contributed by atoms with Crippen LogP contribution in [0, 0.1) is 13.8 Å². The second-order valence-corrected chi connectivity index (χ2v) is 8.20. The summed E-state index contributed by atoms with van der Waals surface area (Å²) in [6.45, 7) is 3.64. The van der Waals surface area contributed by atoms with E-state index in [1.165, 1.54) is 0 Å². The van der Waals surface area contributed by atoms with Crippen LogP contribution < -0.4 is 5.32 Å². The number of amides is 1. The summed E-state index contributed by atoms with van der Waals surface area (Å²) >= 11 is 11.2. The highest BCUT2D eigenvalue weighted by Crippen LogP contribution is 2.34. The van der Waals surface area contributed by atoms with Crippen LogP contribution in [0.4, 0.5) is 18.9 Å². The molecule has 0 saturated heterocycles. The van der Waals surface area contributed by atoms with Gasteiger partial charge in [-0.2, -0.15) is 25.8 Å². The number of aromatic nitrogens is 4. The van der Waals surface area contributed by atoms with E-state index in [9.17, 15) is 18.0 Å². The number of halogens is 4. The fourth-order valence-corrected chi connectivity index (χ4v) is 3.44. The van der Waals surface area contributed by atoms with Crippen LogP contribution in [0.25, 0.3) is 0 Å². The van der Waals surface area contributed by atoms with Gasteiger partial charge in [0.2, 0.25) is 11.8 Å². The molecule has 0 aliphatic heterocycles.